The minimum absolute atomic E-state index is 0.0648. The molecule has 1 unspecified atom stereocenters. The molecule has 1 aromatic rings. The highest BCUT2D eigenvalue weighted by Gasteiger charge is 2.35. The number of nitrogens with two attached hydrogens (primary N) is 1. The molecule has 3 N–H and O–H groups in total. The highest BCUT2D eigenvalue weighted by Crippen LogP contribution is 2.38. The zero-order valence-corrected chi connectivity index (χ0v) is 12.9. The summed E-state index contributed by atoms with van der Waals surface area (Å²) in [5, 5.41) is 3.86. The zero-order valence-electron chi connectivity index (χ0n) is 11.3. The Morgan fingerprint density at radius 1 is 1.50 bits per heavy atom. The van der Waals surface area contributed by atoms with Crippen LogP contribution in [0.3, 0.4) is 0 Å². The van der Waals surface area contributed by atoms with E-state index in [0.717, 1.165) is 42.0 Å². The van der Waals surface area contributed by atoms with Gasteiger partial charge in [0.15, 0.2) is 0 Å². The van der Waals surface area contributed by atoms with Gasteiger partial charge in [-0.15, -0.1) is 11.8 Å². The Labute approximate surface area is 128 Å². The molecule has 0 radical (unpaired) electrons. The normalized spacial score (nSPS) is 23.6. The fraction of sp³-hybridized carbons (Fsp3) is 0.533. The summed E-state index contributed by atoms with van der Waals surface area (Å²) in [7, 11) is 0. The largest absolute Gasteiger partial charge is 0.349 e. The first-order valence-corrected chi connectivity index (χ1v) is 8.43. The van der Waals surface area contributed by atoms with E-state index in [2.05, 4.69) is 5.32 Å². The molecule has 1 aliphatic carbocycles. The summed E-state index contributed by atoms with van der Waals surface area (Å²) in [4.78, 5) is 13.4. The molecule has 108 valence electrons. The molecule has 5 heteroatoms. The lowest BCUT2D eigenvalue weighted by Gasteiger charge is -2.38. The van der Waals surface area contributed by atoms with Gasteiger partial charge in [0.2, 0.25) is 5.91 Å². The second-order valence-corrected chi connectivity index (χ2v) is 7.41. The summed E-state index contributed by atoms with van der Waals surface area (Å²) in [5.41, 5.74) is 7.02. The average Bonchev–Trinajstić information content (AvgIpc) is 2.37. The van der Waals surface area contributed by atoms with Crippen LogP contribution in [0.25, 0.3) is 0 Å². The molecule has 1 heterocycles. The van der Waals surface area contributed by atoms with E-state index in [1.807, 2.05) is 30.0 Å². The molecule has 1 aliphatic heterocycles. The van der Waals surface area contributed by atoms with E-state index in [4.69, 9.17) is 17.3 Å². The van der Waals surface area contributed by atoms with Crippen LogP contribution in [0.5, 0.6) is 0 Å². The van der Waals surface area contributed by atoms with Crippen molar-refractivity contribution in [2.45, 2.75) is 48.6 Å². The van der Waals surface area contributed by atoms with Gasteiger partial charge in [0.1, 0.15) is 0 Å². The standard InChI is InChI=1S/C15H19ClN2OS/c16-10-2-3-13-11(8-10)12(4-7-20-13)18-14(19)9-15(17)5-1-6-15/h2-3,8,12H,1,4-7,9,17H2,(H,18,19). The number of hydrogen-bond acceptors (Lipinski definition) is 3. The van der Waals surface area contributed by atoms with Gasteiger partial charge in [0.05, 0.1) is 6.04 Å². The smallest absolute Gasteiger partial charge is 0.222 e. The lowest BCUT2D eigenvalue weighted by Crippen LogP contribution is -2.50. The Morgan fingerprint density at radius 3 is 3.00 bits per heavy atom. The quantitative estimate of drug-likeness (QED) is 0.901. The van der Waals surface area contributed by atoms with Crippen molar-refractivity contribution in [2.24, 2.45) is 5.73 Å². The van der Waals surface area contributed by atoms with E-state index in [1.165, 1.54) is 4.90 Å². The summed E-state index contributed by atoms with van der Waals surface area (Å²) in [5.74, 6) is 1.09. The van der Waals surface area contributed by atoms with Crippen LogP contribution in [-0.2, 0) is 4.79 Å². The zero-order chi connectivity index (χ0) is 14.2. The number of carbonyl (C=O) groups excluding carboxylic acids is 1. The lowest BCUT2D eigenvalue weighted by atomic mass is 9.75. The molecule has 3 rings (SSSR count). The molecule has 0 saturated heterocycles. The molecule has 20 heavy (non-hydrogen) atoms. The van der Waals surface area contributed by atoms with Crippen LogP contribution >= 0.6 is 23.4 Å². The van der Waals surface area contributed by atoms with Crippen LogP contribution in [0.15, 0.2) is 23.1 Å². The SMILES string of the molecule is NC1(CC(=O)NC2CCSc3ccc(Cl)cc32)CCC1. The molecule has 0 aromatic heterocycles. The van der Waals surface area contributed by atoms with Gasteiger partial charge < -0.3 is 11.1 Å². The second kappa shape index (κ2) is 5.58. The Kier molecular flexibility index (Phi) is 3.98. The monoisotopic (exact) mass is 310 g/mol. The number of nitrogens with one attached hydrogen (secondary N) is 1. The van der Waals surface area contributed by atoms with Gasteiger partial charge in [-0.25, -0.2) is 0 Å². The maximum Gasteiger partial charge on any atom is 0.222 e. The maximum absolute atomic E-state index is 12.2. The third-order valence-electron chi connectivity index (χ3n) is 4.21. The second-order valence-electron chi connectivity index (χ2n) is 5.83. The van der Waals surface area contributed by atoms with E-state index in [-0.39, 0.29) is 17.5 Å². The van der Waals surface area contributed by atoms with Crippen LogP contribution < -0.4 is 11.1 Å². The Bertz CT molecular complexity index is 531. The Balaban J connectivity index is 1.69. The average molecular weight is 311 g/mol. The molecule has 0 spiro atoms. The van der Waals surface area contributed by atoms with Crippen molar-refractivity contribution in [3.63, 3.8) is 0 Å². The van der Waals surface area contributed by atoms with Crippen LogP contribution in [0.2, 0.25) is 5.02 Å². The van der Waals surface area contributed by atoms with E-state index >= 15 is 0 Å². The molecule has 1 atom stereocenters. The molecule has 2 aliphatic rings. The minimum Gasteiger partial charge on any atom is -0.349 e. The van der Waals surface area contributed by atoms with Crippen molar-refractivity contribution in [1.82, 2.24) is 5.32 Å². The third-order valence-corrected chi connectivity index (χ3v) is 5.57. The van der Waals surface area contributed by atoms with Crippen LogP contribution in [-0.4, -0.2) is 17.2 Å². The number of hydrogen-bond donors (Lipinski definition) is 2. The highest BCUT2D eigenvalue weighted by atomic mass is 35.5. The van der Waals surface area contributed by atoms with Crippen molar-refractivity contribution in [3.8, 4) is 0 Å². The van der Waals surface area contributed by atoms with Crippen molar-refractivity contribution in [1.29, 1.82) is 0 Å². The van der Waals surface area contributed by atoms with Crippen LogP contribution in [0, 0.1) is 0 Å². The van der Waals surface area contributed by atoms with Crippen molar-refractivity contribution >= 4 is 29.3 Å². The number of halogens is 1. The van der Waals surface area contributed by atoms with Gasteiger partial charge >= 0.3 is 0 Å². The molecular weight excluding hydrogens is 292 g/mol. The first kappa shape index (κ1) is 14.2. The topological polar surface area (TPSA) is 55.1 Å². The van der Waals surface area contributed by atoms with Crippen molar-refractivity contribution < 1.29 is 4.79 Å². The highest BCUT2D eigenvalue weighted by molar-refractivity contribution is 7.99. The van der Waals surface area contributed by atoms with Crippen LogP contribution in [0.1, 0.15) is 43.7 Å². The van der Waals surface area contributed by atoms with Gasteiger partial charge in [-0.05, 0) is 49.4 Å². The lowest BCUT2D eigenvalue weighted by molar-refractivity contribution is -0.123. The van der Waals surface area contributed by atoms with Gasteiger partial charge in [0, 0.05) is 27.6 Å². The van der Waals surface area contributed by atoms with Gasteiger partial charge in [-0.3, -0.25) is 4.79 Å². The fourth-order valence-corrected chi connectivity index (χ4v) is 4.17. The third kappa shape index (κ3) is 2.97. The Morgan fingerprint density at radius 2 is 2.30 bits per heavy atom. The van der Waals surface area contributed by atoms with Crippen molar-refractivity contribution in [3.05, 3.63) is 28.8 Å². The molecule has 1 aromatic carbocycles. The summed E-state index contributed by atoms with van der Waals surface area (Å²) < 4.78 is 0. The molecule has 1 saturated carbocycles. The van der Waals surface area contributed by atoms with E-state index in [9.17, 15) is 4.79 Å². The van der Waals surface area contributed by atoms with E-state index < -0.39 is 0 Å². The van der Waals surface area contributed by atoms with Crippen LogP contribution in [0.4, 0.5) is 0 Å². The van der Waals surface area contributed by atoms with Crippen molar-refractivity contribution in [2.75, 3.05) is 5.75 Å². The number of amides is 1. The number of thioether (sulfide) groups is 1. The fourth-order valence-electron chi connectivity index (χ4n) is 2.89. The van der Waals surface area contributed by atoms with Gasteiger partial charge in [0.25, 0.3) is 0 Å². The molecule has 0 bridgehead atoms. The van der Waals surface area contributed by atoms with E-state index in [1.54, 1.807) is 0 Å². The summed E-state index contributed by atoms with van der Waals surface area (Å²) in [6.07, 6.45) is 4.45. The van der Waals surface area contributed by atoms with Gasteiger partial charge in [-0.1, -0.05) is 11.6 Å². The number of benzene rings is 1. The molecule has 1 fully saturated rings. The number of rotatable bonds is 3. The molecular formula is C15H19ClN2OS. The Hall–Kier alpha value is -0.710. The first-order valence-electron chi connectivity index (χ1n) is 7.06. The maximum atomic E-state index is 12.2. The summed E-state index contributed by atoms with van der Waals surface area (Å²) in [6.45, 7) is 0. The van der Waals surface area contributed by atoms with Gasteiger partial charge in [-0.2, -0.15) is 0 Å². The predicted octanol–water partition coefficient (Wildman–Crippen LogP) is 3.26. The molecule has 1 amide bonds. The summed E-state index contributed by atoms with van der Waals surface area (Å²) in [6, 6.07) is 5.98. The number of carbonyl (C=O) groups is 1. The first-order chi connectivity index (χ1) is 9.56. The van der Waals surface area contributed by atoms with E-state index in [0.29, 0.717) is 6.42 Å². The number of fused-ring (bicyclic) bond motifs is 1. The molecule has 3 nitrogen and oxygen atoms in total. The predicted molar refractivity (Wildman–Crippen MR) is 83.1 cm³/mol. The minimum atomic E-state index is -0.259. The summed E-state index contributed by atoms with van der Waals surface area (Å²) >= 11 is 7.90.